The van der Waals surface area contributed by atoms with Gasteiger partial charge in [-0.3, -0.25) is 0 Å². The van der Waals surface area contributed by atoms with Crippen molar-refractivity contribution in [3.8, 4) is 0 Å². The molecule has 16 heavy (non-hydrogen) atoms. The fourth-order valence-corrected chi connectivity index (χ4v) is 1.65. The standard InChI is InChI=1S/C12H12F2N2/c1-3-15-12-7(2)4-9-10(14)5-8(13)6-11(9)16-12/h4-6H,3H2,1-2H3,(H,15,16). The van der Waals surface area contributed by atoms with Crippen molar-refractivity contribution >= 4 is 16.7 Å². The summed E-state index contributed by atoms with van der Waals surface area (Å²) >= 11 is 0. The van der Waals surface area contributed by atoms with Crippen molar-refractivity contribution in [3.63, 3.8) is 0 Å². The van der Waals surface area contributed by atoms with Gasteiger partial charge in [-0.05, 0) is 25.5 Å². The van der Waals surface area contributed by atoms with Crippen molar-refractivity contribution < 1.29 is 8.78 Å². The van der Waals surface area contributed by atoms with E-state index in [0.717, 1.165) is 18.2 Å². The molecule has 2 nitrogen and oxygen atoms in total. The van der Waals surface area contributed by atoms with Crippen LogP contribution in [-0.4, -0.2) is 11.5 Å². The van der Waals surface area contributed by atoms with Crippen LogP contribution in [0.15, 0.2) is 18.2 Å². The summed E-state index contributed by atoms with van der Waals surface area (Å²) in [6.07, 6.45) is 0. The van der Waals surface area contributed by atoms with Gasteiger partial charge in [0.25, 0.3) is 0 Å². The van der Waals surface area contributed by atoms with Crippen LogP contribution in [0, 0.1) is 18.6 Å². The number of pyridine rings is 1. The Kier molecular flexibility index (Phi) is 2.73. The Balaban J connectivity index is 2.69. The van der Waals surface area contributed by atoms with E-state index < -0.39 is 11.6 Å². The number of aromatic nitrogens is 1. The third kappa shape index (κ3) is 1.83. The second-order valence-electron chi connectivity index (χ2n) is 3.64. The Bertz CT molecular complexity index is 538. The lowest BCUT2D eigenvalue weighted by molar-refractivity contribution is 0.591. The summed E-state index contributed by atoms with van der Waals surface area (Å²) in [7, 11) is 0. The normalized spacial score (nSPS) is 10.8. The minimum Gasteiger partial charge on any atom is -0.370 e. The molecule has 0 aliphatic heterocycles. The number of nitrogens with zero attached hydrogens (tertiary/aromatic N) is 1. The van der Waals surface area contributed by atoms with Crippen molar-refractivity contribution in [2.75, 3.05) is 11.9 Å². The van der Waals surface area contributed by atoms with Crippen LogP contribution in [0.5, 0.6) is 0 Å². The van der Waals surface area contributed by atoms with Gasteiger partial charge < -0.3 is 5.32 Å². The Labute approximate surface area is 92.3 Å². The number of hydrogen-bond acceptors (Lipinski definition) is 2. The predicted molar refractivity (Wildman–Crippen MR) is 60.6 cm³/mol. The van der Waals surface area contributed by atoms with Crippen LogP contribution in [0.2, 0.25) is 0 Å². The van der Waals surface area contributed by atoms with E-state index in [1.165, 1.54) is 6.07 Å². The van der Waals surface area contributed by atoms with Crippen molar-refractivity contribution in [1.82, 2.24) is 4.98 Å². The van der Waals surface area contributed by atoms with Crippen LogP contribution >= 0.6 is 0 Å². The Hall–Kier alpha value is -1.71. The third-order valence-electron chi connectivity index (χ3n) is 2.38. The lowest BCUT2D eigenvalue weighted by atomic mass is 10.1. The minimum absolute atomic E-state index is 0.332. The second-order valence-corrected chi connectivity index (χ2v) is 3.64. The minimum atomic E-state index is -0.608. The fraction of sp³-hybridized carbons (Fsp3) is 0.250. The van der Waals surface area contributed by atoms with Crippen molar-refractivity contribution in [3.05, 3.63) is 35.4 Å². The van der Waals surface area contributed by atoms with E-state index in [4.69, 9.17) is 0 Å². The van der Waals surface area contributed by atoms with Gasteiger partial charge in [-0.15, -0.1) is 0 Å². The fourth-order valence-electron chi connectivity index (χ4n) is 1.65. The third-order valence-corrected chi connectivity index (χ3v) is 2.38. The molecule has 0 saturated carbocycles. The molecule has 2 aromatic rings. The highest BCUT2D eigenvalue weighted by molar-refractivity contribution is 5.82. The molecule has 1 aromatic heterocycles. The van der Waals surface area contributed by atoms with Crippen molar-refractivity contribution in [2.45, 2.75) is 13.8 Å². The zero-order chi connectivity index (χ0) is 11.7. The van der Waals surface area contributed by atoms with E-state index >= 15 is 0 Å². The van der Waals surface area contributed by atoms with Gasteiger partial charge in [-0.1, -0.05) is 0 Å². The van der Waals surface area contributed by atoms with Crippen LogP contribution < -0.4 is 5.32 Å². The number of fused-ring (bicyclic) bond motifs is 1. The quantitative estimate of drug-likeness (QED) is 0.843. The average molecular weight is 222 g/mol. The van der Waals surface area contributed by atoms with Gasteiger partial charge in [0, 0.05) is 24.1 Å². The number of benzene rings is 1. The van der Waals surface area contributed by atoms with Gasteiger partial charge >= 0.3 is 0 Å². The molecule has 1 aromatic carbocycles. The Morgan fingerprint density at radius 3 is 2.69 bits per heavy atom. The van der Waals surface area contributed by atoms with Gasteiger partial charge in [-0.2, -0.15) is 0 Å². The molecule has 1 heterocycles. The molecular weight excluding hydrogens is 210 g/mol. The smallest absolute Gasteiger partial charge is 0.135 e. The molecule has 0 atom stereocenters. The lowest BCUT2D eigenvalue weighted by Gasteiger charge is -2.08. The molecular formula is C12H12F2N2. The van der Waals surface area contributed by atoms with E-state index in [1.54, 1.807) is 6.07 Å². The lowest BCUT2D eigenvalue weighted by Crippen LogP contribution is -2.02. The summed E-state index contributed by atoms with van der Waals surface area (Å²) < 4.78 is 26.5. The molecule has 0 unspecified atom stereocenters. The Morgan fingerprint density at radius 2 is 2.00 bits per heavy atom. The van der Waals surface area contributed by atoms with E-state index in [-0.39, 0.29) is 0 Å². The predicted octanol–water partition coefficient (Wildman–Crippen LogP) is 3.25. The first-order valence-corrected chi connectivity index (χ1v) is 5.12. The van der Waals surface area contributed by atoms with E-state index in [9.17, 15) is 8.78 Å². The maximum atomic E-state index is 13.4. The van der Waals surface area contributed by atoms with Gasteiger partial charge in [0.05, 0.1) is 5.52 Å². The molecule has 0 saturated heterocycles. The molecule has 0 radical (unpaired) electrons. The summed E-state index contributed by atoms with van der Waals surface area (Å²) in [4.78, 5) is 4.20. The first-order valence-electron chi connectivity index (χ1n) is 5.12. The zero-order valence-electron chi connectivity index (χ0n) is 9.14. The van der Waals surface area contributed by atoms with Crippen molar-refractivity contribution in [1.29, 1.82) is 0 Å². The summed E-state index contributed by atoms with van der Waals surface area (Å²) in [6.45, 7) is 4.50. The molecule has 0 bridgehead atoms. The number of nitrogens with one attached hydrogen (secondary N) is 1. The molecule has 4 heteroatoms. The number of rotatable bonds is 2. The van der Waals surface area contributed by atoms with Gasteiger partial charge in [-0.25, -0.2) is 13.8 Å². The monoisotopic (exact) mass is 222 g/mol. The van der Waals surface area contributed by atoms with E-state index in [0.29, 0.717) is 16.7 Å². The van der Waals surface area contributed by atoms with Crippen LogP contribution in [0.1, 0.15) is 12.5 Å². The van der Waals surface area contributed by atoms with Crippen molar-refractivity contribution in [2.24, 2.45) is 0 Å². The first-order chi connectivity index (χ1) is 7.61. The molecule has 1 N–H and O–H groups in total. The second kappa shape index (κ2) is 4.04. The van der Waals surface area contributed by atoms with Crippen LogP contribution in [0.3, 0.4) is 0 Å². The maximum Gasteiger partial charge on any atom is 0.135 e. The highest BCUT2D eigenvalue weighted by atomic mass is 19.1. The number of hydrogen-bond donors (Lipinski definition) is 1. The molecule has 2 rings (SSSR count). The van der Waals surface area contributed by atoms with Crippen LogP contribution in [-0.2, 0) is 0 Å². The average Bonchev–Trinajstić information content (AvgIpc) is 2.21. The molecule has 0 fully saturated rings. The summed E-state index contributed by atoms with van der Waals surface area (Å²) in [5.74, 6) is -0.516. The number of anilines is 1. The summed E-state index contributed by atoms with van der Waals surface area (Å²) in [5.41, 5.74) is 1.18. The topological polar surface area (TPSA) is 24.9 Å². The highest BCUT2D eigenvalue weighted by Crippen LogP contribution is 2.23. The first kappa shape index (κ1) is 10.8. The molecule has 0 amide bonds. The van der Waals surface area contributed by atoms with Gasteiger partial charge in [0.15, 0.2) is 0 Å². The van der Waals surface area contributed by atoms with Crippen LogP contribution in [0.4, 0.5) is 14.6 Å². The maximum absolute atomic E-state index is 13.4. The molecule has 0 spiro atoms. The zero-order valence-corrected chi connectivity index (χ0v) is 9.14. The molecule has 0 aliphatic rings. The summed E-state index contributed by atoms with van der Waals surface area (Å²) in [5, 5.41) is 3.40. The largest absolute Gasteiger partial charge is 0.370 e. The summed E-state index contributed by atoms with van der Waals surface area (Å²) in [6, 6.07) is 3.78. The van der Waals surface area contributed by atoms with Gasteiger partial charge in [0.1, 0.15) is 17.5 Å². The SMILES string of the molecule is CCNc1nc2cc(F)cc(F)c2cc1C. The van der Waals surface area contributed by atoms with E-state index in [2.05, 4.69) is 10.3 Å². The number of aryl methyl sites for hydroxylation is 1. The molecule has 0 aliphatic carbocycles. The highest BCUT2D eigenvalue weighted by Gasteiger charge is 2.08. The van der Waals surface area contributed by atoms with Gasteiger partial charge in [0.2, 0.25) is 0 Å². The number of halogens is 2. The van der Waals surface area contributed by atoms with Crippen LogP contribution in [0.25, 0.3) is 10.9 Å². The Morgan fingerprint density at radius 1 is 1.25 bits per heavy atom. The molecule has 84 valence electrons. The van der Waals surface area contributed by atoms with E-state index in [1.807, 2.05) is 13.8 Å².